The maximum Gasteiger partial charge on any atom is 0.338 e. The van der Waals surface area contributed by atoms with Gasteiger partial charge in [0.15, 0.2) is 5.84 Å². The van der Waals surface area contributed by atoms with Crippen molar-refractivity contribution < 1.29 is 14.7 Å². The predicted molar refractivity (Wildman–Crippen MR) is 78.5 cm³/mol. The lowest BCUT2D eigenvalue weighted by Crippen LogP contribution is -2.41. The molecular weight excluding hydrogens is 270 g/mol. The summed E-state index contributed by atoms with van der Waals surface area (Å²) in [5, 5.41) is 12.0. The number of hydrogen-bond acceptors (Lipinski definition) is 4. The van der Waals surface area contributed by atoms with Gasteiger partial charge in [-0.2, -0.15) is 0 Å². The fraction of sp³-hybridized carbons (Fsp3) is 0.467. The molecular formula is C15H19N3O3. The average Bonchev–Trinajstić information content (AvgIpc) is 2.75. The van der Waals surface area contributed by atoms with Gasteiger partial charge in [0.05, 0.1) is 5.56 Å². The van der Waals surface area contributed by atoms with Crippen molar-refractivity contribution in [2.45, 2.75) is 39.7 Å². The van der Waals surface area contributed by atoms with Crippen LogP contribution in [0.25, 0.3) is 0 Å². The van der Waals surface area contributed by atoms with E-state index in [4.69, 9.17) is 0 Å². The number of hydrogen-bond donors (Lipinski definition) is 2. The largest absolute Gasteiger partial charge is 0.478 e. The number of aryl methyl sites for hydroxylation is 1. The van der Waals surface area contributed by atoms with E-state index >= 15 is 0 Å². The van der Waals surface area contributed by atoms with Gasteiger partial charge in [-0.05, 0) is 30.9 Å². The molecule has 2 heterocycles. The molecule has 1 aromatic rings. The number of aromatic carboxylic acids is 1. The third kappa shape index (κ3) is 2.53. The molecule has 6 nitrogen and oxygen atoms in total. The van der Waals surface area contributed by atoms with Gasteiger partial charge in [0.25, 0.3) is 5.91 Å². The van der Waals surface area contributed by atoms with Crippen LogP contribution < -0.4 is 5.32 Å². The first-order valence-electron chi connectivity index (χ1n) is 6.93. The van der Waals surface area contributed by atoms with E-state index in [2.05, 4.69) is 15.3 Å². The summed E-state index contributed by atoms with van der Waals surface area (Å²) in [6.07, 6.45) is 2.30. The van der Waals surface area contributed by atoms with Gasteiger partial charge in [-0.15, -0.1) is 0 Å². The number of nitrogens with one attached hydrogen (secondary N) is 1. The van der Waals surface area contributed by atoms with Crippen LogP contribution in [-0.2, 0) is 11.2 Å². The third-order valence-corrected chi connectivity index (χ3v) is 3.97. The van der Waals surface area contributed by atoms with Gasteiger partial charge in [-0.1, -0.05) is 20.8 Å². The van der Waals surface area contributed by atoms with Gasteiger partial charge >= 0.3 is 5.97 Å². The average molecular weight is 289 g/mol. The van der Waals surface area contributed by atoms with Crippen LogP contribution in [0.15, 0.2) is 17.3 Å². The van der Waals surface area contributed by atoms with Crippen molar-refractivity contribution >= 4 is 17.7 Å². The Hall–Kier alpha value is -2.24. The van der Waals surface area contributed by atoms with Crippen LogP contribution >= 0.6 is 0 Å². The number of rotatable bonds is 4. The van der Waals surface area contributed by atoms with E-state index in [0.29, 0.717) is 6.42 Å². The second kappa shape index (κ2) is 5.27. The molecule has 1 aromatic heterocycles. The molecule has 2 N–H and O–H groups in total. The molecule has 1 amide bonds. The summed E-state index contributed by atoms with van der Waals surface area (Å²) in [6.45, 7) is 7.46. The number of carboxylic acid groups (broad SMARTS) is 1. The van der Waals surface area contributed by atoms with E-state index in [-0.39, 0.29) is 28.9 Å². The maximum atomic E-state index is 12.1. The zero-order valence-electron chi connectivity index (χ0n) is 12.6. The predicted octanol–water partition coefficient (Wildman–Crippen LogP) is 1.63. The number of carbonyl (C=O) groups is 2. The summed E-state index contributed by atoms with van der Waals surface area (Å²) in [6, 6.07) is 1.57. The summed E-state index contributed by atoms with van der Waals surface area (Å²) in [5.41, 5.74) is 0.197. The number of amides is 1. The van der Waals surface area contributed by atoms with Crippen molar-refractivity contribution in [1.29, 1.82) is 0 Å². The van der Waals surface area contributed by atoms with Crippen molar-refractivity contribution in [2.75, 3.05) is 0 Å². The molecule has 2 rings (SSSR count). The Bertz CT molecular complexity index is 637. The number of aliphatic imine (C=N–C) groups is 1. The molecule has 21 heavy (non-hydrogen) atoms. The van der Waals surface area contributed by atoms with Gasteiger partial charge in [-0.3, -0.25) is 9.78 Å². The van der Waals surface area contributed by atoms with Crippen LogP contribution in [0.5, 0.6) is 0 Å². The van der Waals surface area contributed by atoms with Gasteiger partial charge in [0.1, 0.15) is 11.2 Å². The zero-order valence-corrected chi connectivity index (χ0v) is 12.6. The Balaban J connectivity index is 2.53. The number of nitrogens with zero attached hydrogens (tertiary/aromatic N) is 2. The molecule has 0 unspecified atom stereocenters. The minimum atomic E-state index is -1.08. The van der Waals surface area contributed by atoms with E-state index in [1.807, 2.05) is 20.8 Å². The minimum Gasteiger partial charge on any atom is -0.478 e. The lowest BCUT2D eigenvalue weighted by atomic mass is 9.89. The van der Waals surface area contributed by atoms with E-state index in [0.717, 1.165) is 5.56 Å². The molecule has 0 bridgehead atoms. The first kappa shape index (κ1) is 15.2. The van der Waals surface area contributed by atoms with Crippen molar-refractivity contribution in [1.82, 2.24) is 10.3 Å². The highest BCUT2D eigenvalue weighted by molar-refractivity contribution is 6.17. The maximum absolute atomic E-state index is 12.1. The Labute approximate surface area is 123 Å². The van der Waals surface area contributed by atoms with Crippen LogP contribution in [0, 0.1) is 5.92 Å². The fourth-order valence-electron chi connectivity index (χ4n) is 2.10. The molecule has 1 aliphatic heterocycles. The number of pyridine rings is 1. The number of carboxylic acids is 1. The topological polar surface area (TPSA) is 91.7 Å². The van der Waals surface area contributed by atoms with Crippen LogP contribution in [-0.4, -0.2) is 33.3 Å². The van der Waals surface area contributed by atoms with Crippen molar-refractivity contribution in [2.24, 2.45) is 10.9 Å². The summed E-state index contributed by atoms with van der Waals surface area (Å²) >= 11 is 0. The van der Waals surface area contributed by atoms with Gasteiger partial charge in [0, 0.05) is 6.20 Å². The van der Waals surface area contributed by atoms with Crippen LogP contribution in [0.1, 0.15) is 49.3 Å². The van der Waals surface area contributed by atoms with E-state index in [9.17, 15) is 14.7 Å². The first-order chi connectivity index (χ1) is 9.79. The number of amidine groups is 1. The Morgan fingerprint density at radius 3 is 2.62 bits per heavy atom. The smallest absolute Gasteiger partial charge is 0.338 e. The van der Waals surface area contributed by atoms with E-state index < -0.39 is 11.5 Å². The zero-order chi connectivity index (χ0) is 15.8. The molecule has 0 saturated carbocycles. The molecule has 0 aliphatic carbocycles. The molecule has 0 radical (unpaired) electrons. The summed E-state index contributed by atoms with van der Waals surface area (Å²) in [5.74, 6) is -1.08. The molecule has 6 heteroatoms. The standard InChI is InChI=1S/C15H19N3O3/c1-5-9-6-10(13(19)20)11(16-7-9)12-17-14(21)15(4,18-12)8(2)3/h6-8H,5H2,1-4H3,(H,19,20)(H,17,18,21)/t15-/m0/s1. The van der Waals surface area contributed by atoms with Crippen LogP contribution in [0.3, 0.4) is 0 Å². The van der Waals surface area contributed by atoms with Crippen molar-refractivity contribution in [3.8, 4) is 0 Å². The van der Waals surface area contributed by atoms with E-state index in [1.54, 1.807) is 19.2 Å². The molecule has 1 aliphatic rings. The van der Waals surface area contributed by atoms with Gasteiger partial charge in [-0.25, -0.2) is 9.79 Å². The van der Waals surface area contributed by atoms with Crippen molar-refractivity contribution in [3.63, 3.8) is 0 Å². The van der Waals surface area contributed by atoms with Gasteiger partial charge < -0.3 is 10.4 Å². The normalized spacial score (nSPS) is 21.4. The number of carbonyl (C=O) groups excluding carboxylic acids is 1. The molecule has 0 fully saturated rings. The van der Waals surface area contributed by atoms with E-state index in [1.165, 1.54) is 0 Å². The summed E-state index contributed by atoms with van der Waals surface area (Å²) in [7, 11) is 0. The van der Waals surface area contributed by atoms with Crippen molar-refractivity contribution in [3.05, 3.63) is 29.1 Å². The summed E-state index contributed by atoms with van der Waals surface area (Å²) < 4.78 is 0. The lowest BCUT2D eigenvalue weighted by Gasteiger charge is -2.21. The quantitative estimate of drug-likeness (QED) is 0.881. The highest BCUT2D eigenvalue weighted by atomic mass is 16.4. The Morgan fingerprint density at radius 2 is 2.14 bits per heavy atom. The molecule has 112 valence electrons. The Morgan fingerprint density at radius 1 is 1.48 bits per heavy atom. The molecule has 0 spiro atoms. The van der Waals surface area contributed by atoms with Crippen LogP contribution in [0.2, 0.25) is 0 Å². The number of aromatic nitrogens is 1. The fourth-order valence-corrected chi connectivity index (χ4v) is 2.10. The highest BCUT2D eigenvalue weighted by Crippen LogP contribution is 2.27. The second-order valence-electron chi connectivity index (χ2n) is 5.62. The lowest BCUT2D eigenvalue weighted by molar-refractivity contribution is -0.124. The van der Waals surface area contributed by atoms with Gasteiger partial charge in [0.2, 0.25) is 0 Å². The molecule has 0 saturated heterocycles. The minimum absolute atomic E-state index is 0.00167. The third-order valence-electron chi connectivity index (χ3n) is 3.97. The monoisotopic (exact) mass is 289 g/mol. The highest BCUT2D eigenvalue weighted by Gasteiger charge is 2.43. The Kier molecular flexibility index (Phi) is 3.80. The first-order valence-corrected chi connectivity index (χ1v) is 6.93. The SMILES string of the molecule is CCc1cnc(C2=N[C@@](C)(C(C)C)C(=O)N2)c(C(=O)O)c1. The summed E-state index contributed by atoms with van der Waals surface area (Å²) in [4.78, 5) is 32.1. The molecule has 0 aromatic carbocycles. The second-order valence-corrected chi connectivity index (χ2v) is 5.62. The van der Waals surface area contributed by atoms with Crippen LogP contribution in [0.4, 0.5) is 0 Å². The molecule has 1 atom stereocenters.